The lowest BCUT2D eigenvalue weighted by atomic mass is 9.90. The lowest BCUT2D eigenvalue weighted by molar-refractivity contribution is -0.348. The Kier molecular flexibility index (Phi) is 7.36. The molecule has 37 heavy (non-hydrogen) atoms. The van der Waals surface area contributed by atoms with Crippen LogP contribution in [0.25, 0.3) is 5.57 Å². The molecule has 1 fully saturated rings. The van der Waals surface area contributed by atoms with Crippen molar-refractivity contribution in [3.63, 3.8) is 0 Å². The molecule has 0 spiro atoms. The zero-order valence-corrected chi connectivity index (χ0v) is 20.1. The molecule has 5 N–H and O–H groups in total. The molecular weight excluding hydrogens is 531 g/mol. The number of alkyl halides is 7. The molecule has 6 nitrogen and oxygen atoms in total. The molecule has 0 aliphatic heterocycles. The maximum absolute atomic E-state index is 14.5. The van der Waals surface area contributed by atoms with Gasteiger partial charge in [-0.3, -0.25) is 4.79 Å². The number of amides is 1. The fourth-order valence-corrected chi connectivity index (χ4v) is 3.74. The molecule has 1 aromatic heterocycles. The summed E-state index contributed by atoms with van der Waals surface area (Å²) in [5.41, 5.74) is -1.86. The first-order valence-electron chi connectivity index (χ1n) is 10.6. The Morgan fingerprint density at radius 1 is 1.08 bits per heavy atom. The minimum atomic E-state index is -6.24. The van der Waals surface area contributed by atoms with Crippen LogP contribution in [0, 0.1) is 19.3 Å². The number of rotatable bonds is 7. The average molecular weight is 552 g/mol. The van der Waals surface area contributed by atoms with Gasteiger partial charge in [0.1, 0.15) is 5.15 Å². The smallest absolute Gasteiger partial charge is 0.361 e. The number of carbonyl (C=O) groups excluding carboxylic acids is 1. The Morgan fingerprint density at radius 3 is 2.08 bits per heavy atom. The first-order chi connectivity index (χ1) is 16.9. The van der Waals surface area contributed by atoms with Crippen LogP contribution in [-0.4, -0.2) is 35.1 Å². The summed E-state index contributed by atoms with van der Waals surface area (Å²) in [5, 5.41) is 12.9. The van der Waals surface area contributed by atoms with Crippen LogP contribution in [0.1, 0.15) is 45.5 Å². The Bertz CT molecular complexity index is 1230. The van der Waals surface area contributed by atoms with Crippen molar-refractivity contribution in [3.8, 4) is 0 Å². The van der Waals surface area contributed by atoms with Gasteiger partial charge >= 0.3 is 18.0 Å². The highest BCUT2D eigenvalue weighted by molar-refractivity contribution is 6.32. The van der Waals surface area contributed by atoms with Gasteiger partial charge in [-0.05, 0) is 43.9 Å². The van der Waals surface area contributed by atoms with Crippen LogP contribution in [0.15, 0.2) is 30.6 Å². The Labute approximate surface area is 211 Å². The molecule has 0 unspecified atom stereocenters. The molecule has 0 atom stereocenters. The quantitative estimate of drug-likeness (QED) is 0.148. The van der Waals surface area contributed by atoms with E-state index < -0.39 is 35.2 Å². The summed E-state index contributed by atoms with van der Waals surface area (Å²) in [6, 6.07) is 2.27. The number of nitrogens with one attached hydrogen (secondary N) is 3. The van der Waals surface area contributed by atoms with Crippen molar-refractivity contribution in [2.24, 2.45) is 5.73 Å². The Hall–Kier alpha value is -3.19. The molecule has 1 heterocycles. The highest BCUT2D eigenvalue weighted by Gasteiger charge is 2.73. The van der Waals surface area contributed by atoms with E-state index in [9.17, 15) is 35.5 Å². The zero-order chi connectivity index (χ0) is 28.0. The predicted molar refractivity (Wildman–Crippen MR) is 124 cm³/mol. The molecule has 1 aliphatic rings. The van der Waals surface area contributed by atoms with Gasteiger partial charge in [0.2, 0.25) is 0 Å². The van der Waals surface area contributed by atoms with E-state index in [0.29, 0.717) is 25.0 Å². The molecule has 1 aliphatic carbocycles. The van der Waals surface area contributed by atoms with Gasteiger partial charge in [-0.1, -0.05) is 23.7 Å². The van der Waals surface area contributed by atoms with E-state index in [1.165, 1.54) is 32.3 Å². The largest absolute Gasteiger partial charge is 0.435 e. The van der Waals surface area contributed by atoms with Crippen molar-refractivity contribution < 1.29 is 35.5 Å². The summed E-state index contributed by atoms with van der Waals surface area (Å²) < 4.78 is 93.4. The summed E-state index contributed by atoms with van der Waals surface area (Å²) >= 11 is 6.02. The number of nitrogens with zero attached hydrogens (tertiary/aromatic N) is 1. The first kappa shape index (κ1) is 28.4. The van der Waals surface area contributed by atoms with Gasteiger partial charge in [0.15, 0.2) is 0 Å². The summed E-state index contributed by atoms with van der Waals surface area (Å²) in [6.07, 6.45) is -7.92. The van der Waals surface area contributed by atoms with Crippen LogP contribution in [0.2, 0.25) is 5.15 Å². The topological polar surface area (TPSA) is 104 Å². The highest BCUT2D eigenvalue weighted by atomic mass is 35.5. The van der Waals surface area contributed by atoms with Crippen molar-refractivity contribution in [2.45, 2.75) is 50.4 Å². The Morgan fingerprint density at radius 2 is 1.62 bits per heavy atom. The maximum Gasteiger partial charge on any atom is 0.435 e. The van der Waals surface area contributed by atoms with E-state index in [2.05, 4.69) is 15.6 Å². The molecule has 0 saturated heterocycles. The van der Waals surface area contributed by atoms with Crippen LogP contribution in [0.4, 0.5) is 36.4 Å². The van der Waals surface area contributed by atoms with Crippen LogP contribution < -0.4 is 16.4 Å². The van der Waals surface area contributed by atoms with Gasteiger partial charge in [0, 0.05) is 41.0 Å². The normalized spacial score (nSPS) is 15.8. The van der Waals surface area contributed by atoms with Crippen molar-refractivity contribution in [1.29, 1.82) is 5.41 Å². The van der Waals surface area contributed by atoms with Gasteiger partial charge < -0.3 is 21.8 Å². The molecule has 1 aromatic carbocycles. The zero-order valence-electron chi connectivity index (χ0n) is 19.3. The van der Waals surface area contributed by atoms with Crippen molar-refractivity contribution in [3.05, 3.63) is 63.6 Å². The van der Waals surface area contributed by atoms with Gasteiger partial charge in [-0.25, -0.2) is 9.37 Å². The molecule has 3 rings (SSSR count). The summed E-state index contributed by atoms with van der Waals surface area (Å²) in [5.74, 6) is -0.581. The summed E-state index contributed by atoms with van der Waals surface area (Å²) in [7, 11) is 0. The van der Waals surface area contributed by atoms with E-state index >= 15 is 0 Å². The number of benzene rings is 1. The lowest BCUT2D eigenvalue weighted by Gasteiger charge is -2.31. The van der Waals surface area contributed by atoms with Gasteiger partial charge in [0.25, 0.3) is 5.91 Å². The standard InChI is InChI=1S/C23H21ClF7N5O/c1-11-5-15(21(25,22(26,27)28)23(29,30)31)6-12(2)17(11)34-10-14(8-32)13-7-16(18(24)35-9-13)19(37)36-20(33)3-4-20/h5-10,32,34H,3-4,33H2,1-2H3,(H,36,37)/b14-10+,32-8?. The lowest BCUT2D eigenvalue weighted by Crippen LogP contribution is -2.50. The third-order valence-corrected chi connectivity index (χ3v) is 6.11. The summed E-state index contributed by atoms with van der Waals surface area (Å²) in [4.78, 5) is 16.4. The molecular formula is C23H21ClF7N5O. The predicted octanol–water partition coefficient (Wildman–Crippen LogP) is 5.92. The number of aromatic nitrogens is 1. The van der Waals surface area contributed by atoms with Crippen molar-refractivity contribution >= 4 is 35.0 Å². The molecule has 1 saturated carbocycles. The second-order valence-electron chi connectivity index (χ2n) is 8.70. The fraction of sp³-hybridized carbons (Fsp3) is 0.348. The number of aryl methyl sites for hydroxylation is 2. The van der Waals surface area contributed by atoms with E-state index in [0.717, 1.165) is 6.21 Å². The Balaban J connectivity index is 1.95. The average Bonchev–Trinajstić information content (AvgIpc) is 3.50. The summed E-state index contributed by atoms with van der Waals surface area (Å²) in [6.45, 7) is 2.41. The number of nitrogens with two attached hydrogens (primary N) is 1. The number of halogens is 8. The molecule has 2 aromatic rings. The number of pyridine rings is 1. The minimum absolute atomic E-state index is 0.0149. The van der Waals surface area contributed by atoms with Crippen LogP contribution in [0.5, 0.6) is 0 Å². The van der Waals surface area contributed by atoms with Crippen LogP contribution in [-0.2, 0) is 5.67 Å². The second-order valence-corrected chi connectivity index (χ2v) is 9.06. The van der Waals surface area contributed by atoms with Crippen molar-refractivity contribution in [1.82, 2.24) is 10.3 Å². The van der Waals surface area contributed by atoms with E-state index in [1.807, 2.05) is 0 Å². The number of hydrogen-bond donors (Lipinski definition) is 4. The van der Waals surface area contributed by atoms with Gasteiger partial charge in [-0.15, -0.1) is 0 Å². The molecule has 1 amide bonds. The number of hydrogen-bond acceptors (Lipinski definition) is 5. The number of carbonyl (C=O) groups is 1. The SMILES string of the molecule is Cc1cc(C(F)(C(F)(F)F)C(F)(F)F)cc(C)c1N/C=C(\C=N)c1cnc(Cl)c(C(=O)NC2(N)CC2)c1. The highest BCUT2D eigenvalue weighted by Crippen LogP contribution is 2.53. The molecule has 200 valence electrons. The number of anilines is 1. The van der Waals surface area contributed by atoms with Crippen molar-refractivity contribution in [2.75, 3.05) is 5.32 Å². The third-order valence-electron chi connectivity index (χ3n) is 5.81. The fourth-order valence-electron chi connectivity index (χ4n) is 3.55. The van der Waals surface area contributed by atoms with E-state index in [-0.39, 0.29) is 38.7 Å². The van der Waals surface area contributed by atoms with Crippen LogP contribution in [0.3, 0.4) is 0 Å². The third kappa shape index (κ3) is 5.57. The van der Waals surface area contributed by atoms with Gasteiger partial charge in [-0.2, -0.15) is 26.3 Å². The molecule has 0 bridgehead atoms. The second kappa shape index (κ2) is 9.60. The first-order valence-corrected chi connectivity index (χ1v) is 11.0. The number of allylic oxidation sites excluding steroid dienone is 1. The van der Waals surface area contributed by atoms with E-state index in [1.54, 1.807) is 0 Å². The van der Waals surface area contributed by atoms with Gasteiger partial charge in [0.05, 0.1) is 11.2 Å². The minimum Gasteiger partial charge on any atom is -0.361 e. The van der Waals surface area contributed by atoms with Crippen LogP contribution >= 0.6 is 11.6 Å². The monoisotopic (exact) mass is 551 g/mol. The molecule has 14 heteroatoms. The van der Waals surface area contributed by atoms with E-state index in [4.69, 9.17) is 22.7 Å². The maximum atomic E-state index is 14.5. The molecule has 0 radical (unpaired) electrons.